The summed E-state index contributed by atoms with van der Waals surface area (Å²) in [7, 11) is 0. The highest BCUT2D eigenvalue weighted by atomic mass is 16.5. The molecule has 0 saturated carbocycles. The molecule has 2 aromatic carbocycles. The van der Waals surface area contributed by atoms with E-state index < -0.39 is 23.6 Å². The highest BCUT2D eigenvalue weighted by Gasteiger charge is 2.52. The Kier molecular flexibility index (Phi) is 5.30. The molecule has 2 aliphatic rings. The van der Waals surface area contributed by atoms with Crippen LogP contribution >= 0.6 is 0 Å². The standard InChI is InChI=1S/C23H24N2O5/c1-16-7-9-18(10-8-16)20(26)24-13-11-23(12-14-24)25(19(15-30-23)22(28)29)21(27)17-5-3-2-4-6-17/h2-10,19H,11-15H2,1H3,(H,28,29)/p-1/t19-/m1/s1. The van der Waals surface area contributed by atoms with Gasteiger partial charge in [0.2, 0.25) is 0 Å². The van der Waals surface area contributed by atoms with Crippen molar-refractivity contribution in [2.75, 3.05) is 19.7 Å². The molecule has 0 bridgehead atoms. The van der Waals surface area contributed by atoms with Crippen molar-refractivity contribution in [1.82, 2.24) is 9.80 Å². The van der Waals surface area contributed by atoms with E-state index in [9.17, 15) is 19.5 Å². The number of carbonyl (C=O) groups is 3. The van der Waals surface area contributed by atoms with Crippen LogP contribution in [0.1, 0.15) is 39.1 Å². The van der Waals surface area contributed by atoms with E-state index in [-0.39, 0.29) is 12.5 Å². The van der Waals surface area contributed by atoms with E-state index >= 15 is 0 Å². The molecular formula is C23H23N2O5-. The van der Waals surface area contributed by atoms with Gasteiger partial charge in [0.05, 0.1) is 18.6 Å². The minimum Gasteiger partial charge on any atom is -0.548 e. The van der Waals surface area contributed by atoms with Gasteiger partial charge in [0.15, 0.2) is 0 Å². The fourth-order valence-electron chi connectivity index (χ4n) is 4.21. The first-order chi connectivity index (χ1) is 14.4. The lowest BCUT2D eigenvalue weighted by Crippen LogP contribution is -2.60. The average molecular weight is 407 g/mol. The Morgan fingerprint density at radius 3 is 2.13 bits per heavy atom. The molecule has 7 heteroatoms. The Morgan fingerprint density at radius 2 is 1.53 bits per heavy atom. The first-order valence-electron chi connectivity index (χ1n) is 10.0. The second kappa shape index (κ2) is 7.91. The lowest BCUT2D eigenvalue weighted by molar-refractivity contribution is -0.310. The van der Waals surface area contributed by atoms with Crippen molar-refractivity contribution in [2.45, 2.75) is 31.5 Å². The third kappa shape index (κ3) is 3.57. The molecule has 1 spiro atoms. The highest BCUT2D eigenvalue weighted by molar-refractivity contribution is 5.97. The number of amides is 2. The molecule has 2 saturated heterocycles. The van der Waals surface area contributed by atoms with Gasteiger partial charge in [0.25, 0.3) is 11.8 Å². The van der Waals surface area contributed by atoms with Crippen molar-refractivity contribution in [2.24, 2.45) is 0 Å². The van der Waals surface area contributed by atoms with Crippen LogP contribution in [-0.4, -0.2) is 59.0 Å². The lowest BCUT2D eigenvalue weighted by atomic mass is 9.96. The fourth-order valence-corrected chi connectivity index (χ4v) is 4.21. The van der Waals surface area contributed by atoms with Gasteiger partial charge in [-0.15, -0.1) is 0 Å². The van der Waals surface area contributed by atoms with Crippen molar-refractivity contribution in [3.05, 3.63) is 71.3 Å². The van der Waals surface area contributed by atoms with Crippen LogP contribution in [0.15, 0.2) is 54.6 Å². The number of carboxylic acid groups (broad SMARTS) is 1. The van der Waals surface area contributed by atoms with Gasteiger partial charge in [0.1, 0.15) is 5.72 Å². The lowest BCUT2D eigenvalue weighted by Gasteiger charge is -2.45. The van der Waals surface area contributed by atoms with E-state index in [1.165, 1.54) is 4.90 Å². The summed E-state index contributed by atoms with van der Waals surface area (Å²) in [6.45, 7) is 2.57. The molecule has 4 rings (SSSR count). The van der Waals surface area contributed by atoms with Gasteiger partial charge in [0, 0.05) is 37.1 Å². The Hall–Kier alpha value is -3.19. The van der Waals surface area contributed by atoms with E-state index in [0.717, 1.165) is 5.56 Å². The van der Waals surface area contributed by atoms with Crippen LogP contribution < -0.4 is 5.11 Å². The zero-order chi connectivity index (χ0) is 21.3. The van der Waals surface area contributed by atoms with Crippen molar-refractivity contribution in [3.8, 4) is 0 Å². The largest absolute Gasteiger partial charge is 0.548 e. The predicted octanol–water partition coefficient (Wildman–Crippen LogP) is 1.22. The Morgan fingerprint density at radius 1 is 0.933 bits per heavy atom. The van der Waals surface area contributed by atoms with Gasteiger partial charge in [-0.3, -0.25) is 14.5 Å². The summed E-state index contributed by atoms with van der Waals surface area (Å²) < 4.78 is 5.91. The molecule has 2 aliphatic heterocycles. The van der Waals surface area contributed by atoms with Gasteiger partial charge in [-0.2, -0.15) is 0 Å². The maximum atomic E-state index is 13.2. The fraction of sp³-hybridized carbons (Fsp3) is 0.348. The second-order valence-electron chi connectivity index (χ2n) is 7.79. The van der Waals surface area contributed by atoms with Gasteiger partial charge in [-0.25, -0.2) is 0 Å². The van der Waals surface area contributed by atoms with E-state index in [0.29, 0.717) is 37.1 Å². The first-order valence-corrected chi connectivity index (χ1v) is 10.0. The second-order valence-corrected chi connectivity index (χ2v) is 7.79. The number of ether oxygens (including phenoxy) is 1. The van der Waals surface area contributed by atoms with Gasteiger partial charge >= 0.3 is 0 Å². The van der Waals surface area contributed by atoms with Crippen LogP contribution in [0.5, 0.6) is 0 Å². The molecule has 30 heavy (non-hydrogen) atoms. The Bertz CT molecular complexity index is 949. The van der Waals surface area contributed by atoms with Gasteiger partial charge in [-0.05, 0) is 31.2 Å². The van der Waals surface area contributed by atoms with Crippen molar-refractivity contribution >= 4 is 17.8 Å². The quantitative estimate of drug-likeness (QED) is 0.763. The number of carbonyl (C=O) groups excluding carboxylic acids is 3. The smallest absolute Gasteiger partial charge is 0.256 e. The number of carboxylic acids is 1. The topological polar surface area (TPSA) is 90.0 Å². The molecule has 0 aromatic heterocycles. The zero-order valence-electron chi connectivity index (χ0n) is 16.7. The number of nitrogens with zero attached hydrogens (tertiary/aromatic N) is 2. The summed E-state index contributed by atoms with van der Waals surface area (Å²) in [5, 5.41) is 11.7. The van der Waals surface area contributed by atoms with Gasteiger partial charge in [-0.1, -0.05) is 35.9 Å². The predicted molar refractivity (Wildman–Crippen MR) is 106 cm³/mol. The number of hydrogen-bond donors (Lipinski definition) is 0. The van der Waals surface area contributed by atoms with Crippen LogP contribution in [0.4, 0.5) is 0 Å². The molecule has 7 nitrogen and oxygen atoms in total. The molecule has 0 N–H and O–H groups in total. The summed E-state index contributed by atoms with van der Waals surface area (Å²) in [4.78, 5) is 40.7. The molecule has 156 valence electrons. The number of hydrogen-bond acceptors (Lipinski definition) is 5. The molecule has 1 atom stereocenters. The minimum absolute atomic E-state index is 0.0831. The van der Waals surface area contributed by atoms with E-state index in [2.05, 4.69) is 0 Å². The van der Waals surface area contributed by atoms with Gasteiger partial charge < -0.3 is 19.5 Å². The van der Waals surface area contributed by atoms with E-state index in [1.54, 1.807) is 47.4 Å². The molecule has 0 aliphatic carbocycles. The number of aliphatic carboxylic acids is 1. The van der Waals surface area contributed by atoms with Crippen LogP contribution in [0.3, 0.4) is 0 Å². The summed E-state index contributed by atoms with van der Waals surface area (Å²) in [5.74, 6) is -1.82. The molecule has 2 heterocycles. The molecule has 2 fully saturated rings. The van der Waals surface area contributed by atoms with E-state index in [1.807, 2.05) is 19.1 Å². The average Bonchev–Trinajstić information content (AvgIpc) is 3.13. The van der Waals surface area contributed by atoms with Crippen LogP contribution in [0, 0.1) is 6.92 Å². The number of rotatable bonds is 3. The molecule has 0 unspecified atom stereocenters. The summed E-state index contributed by atoms with van der Waals surface area (Å²) in [5.41, 5.74) is 1.02. The maximum Gasteiger partial charge on any atom is 0.256 e. The van der Waals surface area contributed by atoms with Crippen LogP contribution in [0.2, 0.25) is 0 Å². The summed E-state index contributed by atoms with van der Waals surface area (Å²) >= 11 is 0. The first kappa shape index (κ1) is 20.1. The molecule has 2 amide bonds. The zero-order valence-corrected chi connectivity index (χ0v) is 16.7. The van der Waals surface area contributed by atoms with Crippen molar-refractivity contribution < 1.29 is 24.2 Å². The third-order valence-electron chi connectivity index (χ3n) is 5.90. The van der Waals surface area contributed by atoms with Crippen molar-refractivity contribution in [1.29, 1.82) is 0 Å². The highest BCUT2D eigenvalue weighted by Crippen LogP contribution is 2.38. The SMILES string of the molecule is Cc1ccc(C(=O)N2CCC3(CC2)OC[C@H](C(=O)[O-])N3C(=O)c2ccccc2)cc1. The van der Waals surface area contributed by atoms with Crippen LogP contribution in [-0.2, 0) is 9.53 Å². The third-order valence-corrected chi connectivity index (χ3v) is 5.90. The molecule has 2 aromatic rings. The number of benzene rings is 2. The summed E-state index contributed by atoms with van der Waals surface area (Å²) in [6.07, 6.45) is 0.680. The normalized spacial score (nSPS) is 20.4. The Balaban J connectivity index is 1.54. The summed E-state index contributed by atoms with van der Waals surface area (Å²) in [6, 6.07) is 14.8. The number of aryl methyl sites for hydroxylation is 1. The van der Waals surface area contributed by atoms with Crippen LogP contribution in [0.25, 0.3) is 0 Å². The monoisotopic (exact) mass is 407 g/mol. The van der Waals surface area contributed by atoms with Crippen molar-refractivity contribution in [3.63, 3.8) is 0 Å². The molecular weight excluding hydrogens is 384 g/mol. The number of piperidine rings is 1. The minimum atomic E-state index is -1.34. The Labute approximate surface area is 174 Å². The van der Waals surface area contributed by atoms with E-state index in [4.69, 9.17) is 4.74 Å². The maximum absolute atomic E-state index is 13.2. The molecule has 0 radical (unpaired) electrons. The number of likely N-dealkylation sites (tertiary alicyclic amines) is 1.